The summed E-state index contributed by atoms with van der Waals surface area (Å²) in [6.07, 6.45) is -3.85. The van der Waals surface area contributed by atoms with Gasteiger partial charge >= 0.3 is 12.1 Å². The molecule has 1 aliphatic heterocycles. The molecule has 0 spiro atoms. The Bertz CT molecular complexity index is 849. The highest BCUT2D eigenvalue weighted by Gasteiger charge is 2.38. The van der Waals surface area contributed by atoms with Crippen LogP contribution in [-0.2, 0) is 15.8 Å². The van der Waals surface area contributed by atoms with Crippen LogP contribution in [0.3, 0.4) is 0 Å². The first-order chi connectivity index (χ1) is 12.3. The van der Waals surface area contributed by atoms with Gasteiger partial charge in [-0.2, -0.15) is 13.2 Å². The maximum absolute atomic E-state index is 12.5. The number of hydroxylamine groups is 2. The molecular formula is C16H9F3N2O4S. The Morgan fingerprint density at radius 3 is 2.19 bits per heavy atom. The molecule has 0 radical (unpaired) electrons. The Morgan fingerprint density at radius 1 is 1.08 bits per heavy atom. The topological polar surface area (TPSA) is 76.6 Å². The van der Waals surface area contributed by atoms with Crippen LogP contribution >= 0.6 is 11.8 Å². The summed E-state index contributed by atoms with van der Waals surface area (Å²) >= 11 is 0.815. The summed E-state index contributed by atoms with van der Waals surface area (Å²) < 4.78 is 37.4. The molecular weight excluding hydrogens is 373 g/mol. The predicted molar refractivity (Wildman–Crippen MR) is 83.0 cm³/mol. The molecule has 0 saturated heterocycles. The van der Waals surface area contributed by atoms with E-state index in [1.54, 1.807) is 12.1 Å². The zero-order valence-corrected chi connectivity index (χ0v) is 13.6. The Kier molecular flexibility index (Phi) is 4.68. The third-order valence-electron chi connectivity index (χ3n) is 3.35. The predicted octanol–water partition coefficient (Wildman–Crippen LogP) is 2.95. The fourth-order valence-electron chi connectivity index (χ4n) is 2.14. The Labute approximate surface area is 148 Å². The molecule has 0 fully saturated rings. The number of aromatic nitrogens is 1. The molecule has 0 aliphatic carbocycles. The van der Waals surface area contributed by atoms with Crippen LogP contribution in [0.5, 0.6) is 0 Å². The van der Waals surface area contributed by atoms with E-state index in [2.05, 4.69) is 4.98 Å². The Morgan fingerprint density at radius 2 is 1.69 bits per heavy atom. The van der Waals surface area contributed by atoms with E-state index in [1.165, 1.54) is 12.1 Å². The van der Waals surface area contributed by atoms with E-state index in [9.17, 15) is 27.6 Å². The van der Waals surface area contributed by atoms with Crippen LogP contribution in [0, 0.1) is 0 Å². The largest absolute Gasteiger partial charge is 0.417 e. The van der Waals surface area contributed by atoms with Gasteiger partial charge < -0.3 is 4.84 Å². The van der Waals surface area contributed by atoms with Crippen molar-refractivity contribution in [3.8, 4) is 0 Å². The first-order valence-corrected chi connectivity index (χ1v) is 8.10. The number of carbonyl (C=O) groups excluding carboxylic acids is 3. The third-order valence-corrected chi connectivity index (χ3v) is 4.27. The fraction of sp³-hybridized carbons (Fsp3) is 0.125. The SMILES string of the molecule is O=C(CSc1ccc(C(F)(F)F)cn1)ON1C(=O)c2ccccc2C1=O. The molecule has 6 nitrogen and oxygen atoms in total. The van der Waals surface area contributed by atoms with Gasteiger partial charge in [0.05, 0.1) is 21.7 Å². The summed E-state index contributed by atoms with van der Waals surface area (Å²) in [4.78, 5) is 44.3. The van der Waals surface area contributed by atoms with Crippen molar-refractivity contribution in [2.45, 2.75) is 11.2 Å². The number of hydrogen-bond donors (Lipinski definition) is 0. The molecule has 0 unspecified atom stereocenters. The molecule has 2 amide bonds. The van der Waals surface area contributed by atoms with E-state index in [0.717, 1.165) is 23.9 Å². The zero-order chi connectivity index (χ0) is 18.9. The van der Waals surface area contributed by atoms with Crippen molar-refractivity contribution < 1.29 is 32.4 Å². The van der Waals surface area contributed by atoms with E-state index in [1.807, 2.05) is 0 Å². The van der Waals surface area contributed by atoms with Crippen LogP contribution in [0.25, 0.3) is 0 Å². The van der Waals surface area contributed by atoms with Crippen molar-refractivity contribution in [3.05, 3.63) is 59.3 Å². The molecule has 26 heavy (non-hydrogen) atoms. The maximum Gasteiger partial charge on any atom is 0.417 e. The fourth-order valence-corrected chi connectivity index (χ4v) is 2.75. The van der Waals surface area contributed by atoms with E-state index in [4.69, 9.17) is 4.84 Å². The van der Waals surface area contributed by atoms with Gasteiger partial charge in [0.1, 0.15) is 5.75 Å². The Hall–Kier alpha value is -2.88. The lowest BCUT2D eigenvalue weighted by Crippen LogP contribution is -2.33. The van der Waals surface area contributed by atoms with Crippen LogP contribution < -0.4 is 0 Å². The van der Waals surface area contributed by atoms with Gasteiger partial charge in [0.15, 0.2) is 0 Å². The second-order valence-electron chi connectivity index (χ2n) is 5.09. The van der Waals surface area contributed by atoms with Crippen molar-refractivity contribution in [2.75, 3.05) is 5.75 Å². The minimum Gasteiger partial charge on any atom is -0.329 e. The highest BCUT2D eigenvalue weighted by Crippen LogP contribution is 2.29. The first-order valence-electron chi connectivity index (χ1n) is 7.12. The van der Waals surface area contributed by atoms with Crippen molar-refractivity contribution >= 4 is 29.5 Å². The van der Waals surface area contributed by atoms with Gasteiger partial charge in [-0.05, 0) is 24.3 Å². The van der Waals surface area contributed by atoms with E-state index in [0.29, 0.717) is 11.3 Å². The summed E-state index contributed by atoms with van der Waals surface area (Å²) in [5.41, 5.74) is -0.653. The molecule has 2 aromatic rings. The summed E-state index contributed by atoms with van der Waals surface area (Å²) in [6.45, 7) is 0. The van der Waals surface area contributed by atoms with Gasteiger partial charge in [-0.15, -0.1) is 0 Å². The number of fused-ring (bicyclic) bond motifs is 1. The zero-order valence-electron chi connectivity index (χ0n) is 12.8. The van der Waals surface area contributed by atoms with Gasteiger partial charge in [0, 0.05) is 6.20 Å². The smallest absolute Gasteiger partial charge is 0.329 e. The van der Waals surface area contributed by atoms with Gasteiger partial charge in [0.2, 0.25) is 0 Å². The summed E-state index contributed by atoms with van der Waals surface area (Å²) in [7, 11) is 0. The van der Waals surface area contributed by atoms with Gasteiger partial charge in [-0.3, -0.25) is 9.59 Å². The highest BCUT2D eigenvalue weighted by atomic mass is 32.2. The number of carbonyl (C=O) groups is 3. The standard InChI is InChI=1S/C16H9F3N2O4S/c17-16(18,19)9-5-6-12(20-7-9)26-8-13(22)25-21-14(23)10-3-1-2-4-11(10)15(21)24/h1-7H,8H2. The molecule has 1 aromatic carbocycles. The number of pyridine rings is 1. The van der Waals surface area contributed by atoms with Crippen LogP contribution in [0.1, 0.15) is 26.3 Å². The molecule has 10 heteroatoms. The number of nitrogens with zero attached hydrogens (tertiary/aromatic N) is 2. The average Bonchev–Trinajstić information content (AvgIpc) is 2.85. The van der Waals surface area contributed by atoms with Crippen LogP contribution in [0.15, 0.2) is 47.6 Å². The van der Waals surface area contributed by atoms with E-state index >= 15 is 0 Å². The summed E-state index contributed by atoms with van der Waals surface area (Å²) in [5.74, 6) is -2.76. The number of rotatable bonds is 4. The van der Waals surface area contributed by atoms with Crippen LogP contribution in [-0.4, -0.2) is 33.6 Å². The summed E-state index contributed by atoms with van der Waals surface area (Å²) in [6, 6.07) is 7.96. The molecule has 134 valence electrons. The number of imide groups is 1. The molecule has 1 aliphatic rings. The minimum atomic E-state index is -4.50. The lowest BCUT2D eigenvalue weighted by Gasteiger charge is -2.12. The number of halogens is 3. The molecule has 0 bridgehead atoms. The first kappa shape index (κ1) is 17.9. The number of thioether (sulfide) groups is 1. The molecule has 2 heterocycles. The molecule has 3 rings (SSSR count). The van der Waals surface area contributed by atoms with Gasteiger partial charge in [-0.1, -0.05) is 29.0 Å². The van der Waals surface area contributed by atoms with Crippen LogP contribution in [0.2, 0.25) is 0 Å². The normalized spacial score (nSPS) is 13.7. The van der Waals surface area contributed by atoms with Crippen molar-refractivity contribution in [2.24, 2.45) is 0 Å². The third kappa shape index (κ3) is 3.54. The second-order valence-corrected chi connectivity index (χ2v) is 6.08. The Balaban J connectivity index is 1.59. The quantitative estimate of drug-likeness (QED) is 0.598. The van der Waals surface area contributed by atoms with E-state index < -0.39 is 29.5 Å². The number of amides is 2. The summed E-state index contributed by atoms with van der Waals surface area (Å²) in [5, 5.41) is 0.533. The highest BCUT2D eigenvalue weighted by molar-refractivity contribution is 7.99. The van der Waals surface area contributed by atoms with Gasteiger partial charge in [-0.25, -0.2) is 9.78 Å². The average molecular weight is 382 g/mol. The van der Waals surface area contributed by atoms with E-state index in [-0.39, 0.29) is 21.9 Å². The minimum absolute atomic E-state index is 0.127. The molecule has 0 saturated carbocycles. The van der Waals surface area contributed by atoms with Crippen molar-refractivity contribution in [1.82, 2.24) is 10.0 Å². The monoisotopic (exact) mass is 382 g/mol. The number of hydrogen-bond acceptors (Lipinski definition) is 6. The molecule has 0 atom stereocenters. The second kappa shape index (κ2) is 6.79. The number of benzene rings is 1. The van der Waals surface area contributed by atoms with Gasteiger partial charge in [0.25, 0.3) is 11.8 Å². The van der Waals surface area contributed by atoms with Crippen molar-refractivity contribution in [1.29, 1.82) is 0 Å². The molecule has 0 N–H and O–H groups in total. The molecule has 1 aromatic heterocycles. The lowest BCUT2D eigenvalue weighted by molar-refractivity contribution is -0.165. The van der Waals surface area contributed by atoms with Crippen LogP contribution in [0.4, 0.5) is 13.2 Å². The van der Waals surface area contributed by atoms with Crippen molar-refractivity contribution in [3.63, 3.8) is 0 Å². The maximum atomic E-state index is 12.5. The lowest BCUT2D eigenvalue weighted by atomic mass is 10.1. The number of alkyl halides is 3.